The van der Waals surface area contributed by atoms with E-state index in [0.717, 1.165) is 13.0 Å². The predicted octanol–water partition coefficient (Wildman–Crippen LogP) is 1.13. The first kappa shape index (κ1) is 16.8. The van der Waals surface area contributed by atoms with Crippen LogP contribution in [-0.2, 0) is 4.79 Å². The van der Waals surface area contributed by atoms with Crippen LogP contribution < -0.4 is 10.6 Å². The zero-order valence-electron chi connectivity index (χ0n) is 12.8. The summed E-state index contributed by atoms with van der Waals surface area (Å²) in [6.07, 6.45) is 1.92. The van der Waals surface area contributed by atoms with E-state index in [1.54, 1.807) is 0 Å². The lowest BCUT2D eigenvalue weighted by Crippen LogP contribution is -2.50. The molecule has 2 amide bonds. The van der Waals surface area contributed by atoms with Crippen LogP contribution in [0.3, 0.4) is 0 Å². The van der Waals surface area contributed by atoms with Gasteiger partial charge in [0.2, 0.25) is 0 Å². The topological polar surface area (TPSA) is 81.7 Å². The number of hydrogen-bond donors (Lipinski definition) is 3. The highest BCUT2D eigenvalue weighted by Gasteiger charge is 2.30. The maximum Gasteiger partial charge on any atom is 0.315 e. The highest BCUT2D eigenvalue weighted by Crippen LogP contribution is 2.25. The number of nitrogens with zero attached hydrogens (tertiary/aromatic N) is 1. The van der Waals surface area contributed by atoms with E-state index < -0.39 is 5.97 Å². The first-order valence-electron chi connectivity index (χ1n) is 7.24. The second-order valence-electron chi connectivity index (χ2n) is 6.28. The third-order valence-electron chi connectivity index (χ3n) is 3.80. The number of carbonyl (C=O) groups is 2. The predicted molar refractivity (Wildman–Crippen MR) is 77.6 cm³/mol. The van der Waals surface area contributed by atoms with Crippen LogP contribution >= 0.6 is 0 Å². The van der Waals surface area contributed by atoms with Crippen LogP contribution in [0.2, 0.25) is 0 Å². The maximum atomic E-state index is 12.0. The van der Waals surface area contributed by atoms with Crippen LogP contribution in [0.5, 0.6) is 0 Å². The van der Waals surface area contributed by atoms with Crippen molar-refractivity contribution in [3.05, 3.63) is 0 Å². The Labute approximate surface area is 120 Å². The van der Waals surface area contributed by atoms with Crippen LogP contribution in [0.15, 0.2) is 0 Å². The van der Waals surface area contributed by atoms with Gasteiger partial charge in [0, 0.05) is 18.6 Å². The molecular weight excluding hydrogens is 258 g/mol. The smallest absolute Gasteiger partial charge is 0.315 e. The molecule has 0 aromatic heterocycles. The van der Waals surface area contributed by atoms with Crippen molar-refractivity contribution in [2.24, 2.45) is 11.8 Å². The second kappa shape index (κ2) is 7.47. The first-order chi connectivity index (χ1) is 9.29. The third kappa shape index (κ3) is 5.36. The van der Waals surface area contributed by atoms with Crippen molar-refractivity contribution < 1.29 is 14.7 Å². The van der Waals surface area contributed by atoms with E-state index in [9.17, 15) is 9.59 Å². The van der Waals surface area contributed by atoms with Crippen LogP contribution in [0, 0.1) is 11.8 Å². The van der Waals surface area contributed by atoms with Crippen molar-refractivity contribution >= 4 is 12.0 Å². The standard InChI is InChI=1S/C14H27N3O3/c1-9(2)12(8-17(3)4)16-14(20)15-11-6-5-10(7-11)13(18)19/h9-12H,5-8H2,1-4H3,(H,18,19)(H2,15,16,20). The Morgan fingerprint density at radius 1 is 1.30 bits per heavy atom. The molecule has 6 nitrogen and oxygen atoms in total. The summed E-state index contributed by atoms with van der Waals surface area (Å²) in [5.74, 6) is -0.733. The number of carboxylic acid groups (broad SMARTS) is 1. The van der Waals surface area contributed by atoms with Crippen LogP contribution in [0.4, 0.5) is 4.79 Å². The third-order valence-corrected chi connectivity index (χ3v) is 3.80. The summed E-state index contributed by atoms with van der Waals surface area (Å²) in [4.78, 5) is 24.9. The quantitative estimate of drug-likeness (QED) is 0.683. The molecule has 1 rings (SSSR count). The molecule has 0 aromatic carbocycles. The van der Waals surface area contributed by atoms with Gasteiger partial charge in [-0.1, -0.05) is 13.8 Å². The van der Waals surface area contributed by atoms with Gasteiger partial charge in [0.1, 0.15) is 0 Å². The van der Waals surface area contributed by atoms with Gasteiger partial charge in [-0.3, -0.25) is 4.79 Å². The number of carbonyl (C=O) groups excluding carboxylic acids is 1. The minimum absolute atomic E-state index is 0.0248. The van der Waals surface area contributed by atoms with Crippen molar-refractivity contribution in [3.63, 3.8) is 0 Å². The molecule has 1 fully saturated rings. The summed E-state index contributed by atoms with van der Waals surface area (Å²) in [7, 11) is 3.95. The summed E-state index contributed by atoms with van der Waals surface area (Å²) < 4.78 is 0. The summed E-state index contributed by atoms with van der Waals surface area (Å²) >= 11 is 0. The Kier molecular flexibility index (Phi) is 6.26. The van der Waals surface area contributed by atoms with Gasteiger partial charge in [0.05, 0.1) is 5.92 Å². The van der Waals surface area contributed by atoms with Crippen molar-refractivity contribution in [1.29, 1.82) is 0 Å². The molecule has 3 atom stereocenters. The van der Waals surface area contributed by atoms with Gasteiger partial charge < -0.3 is 20.6 Å². The number of likely N-dealkylation sites (N-methyl/N-ethyl adjacent to an activating group) is 1. The first-order valence-corrected chi connectivity index (χ1v) is 7.24. The fourth-order valence-electron chi connectivity index (χ4n) is 2.55. The molecule has 6 heteroatoms. The van der Waals surface area contributed by atoms with E-state index in [1.807, 2.05) is 19.0 Å². The van der Waals surface area contributed by atoms with Gasteiger partial charge in [-0.25, -0.2) is 4.79 Å². The zero-order chi connectivity index (χ0) is 15.3. The average Bonchev–Trinajstić information content (AvgIpc) is 2.75. The molecule has 1 aliphatic carbocycles. The maximum absolute atomic E-state index is 12.0. The number of rotatable bonds is 6. The number of aliphatic carboxylic acids is 1. The van der Waals surface area contributed by atoms with Crippen molar-refractivity contribution in [2.45, 2.75) is 45.2 Å². The molecular formula is C14H27N3O3. The molecule has 3 N–H and O–H groups in total. The molecule has 0 heterocycles. The van der Waals surface area contributed by atoms with E-state index in [4.69, 9.17) is 5.11 Å². The second-order valence-corrected chi connectivity index (χ2v) is 6.28. The Balaban J connectivity index is 2.40. The van der Waals surface area contributed by atoms with E-state index in [-0.39, 0.29) is 24.0 Å². The van der Waals surface area contributed by atoms with Crippen molar-refractivity contribution in [2.75, 3.05) is 20.6 Å². The number of amides is 2. The average molecular weight is 285 g/mol. The highest BCUT2D eigenvalue weighted by atomic mass is 16.4. The Bertz CT molecular complexity index is 345. The van der Waals surface area contributed by atoms with Crippen LogP contribution in [0.25, 0.3) is 0 Å². The lowest BCUT2D eigenvalue weighted by molar-refractivity contribution is -0.141. The van der Waals surface area contributed by atoms with Gasteiger partial charge in [-0.15, -0.1) is 0 Å². The molecule has 0 aromatic rings. The largest absolute Gasteiger partial charge is 0.481 e. The Morgan fingerprint density at radius 2 is 1.95 bits per heavy atom. The molecule has 1 aliphatic rings. The molecule has 0 bridgehead atoms. The molecule has 20 heavy (non-hydrogen) atoms. The normalized spacial score (nSPS) is 23.9. The van der Waals surface area contributed by atoms with Crippen LogP contribution in [0.1, 0.15) is 33.1 Å². The Hall–Kier alpha value is -1.30. The summed E-state index contributed by atoms with van der Waals surface area (Å²) in [6.45, 7) is 4.93. The number of hydrogen-bond acceptors (Lipinski definition) is 3. The molecule has 0 aliphatic heterocycles. The Morgan fingerprint density at radius 3 is 2.40 bits per heavy atom. The molecule has 3 unspecified atom stereocenters. The van der Waals surface area contributed by atoms with Gasteiger partial charge >= 0.3 is 12.0 Å². The minimum Gasteiger partial charge on any atom is -0.481 e. The monoisotopic (exact) mass is 285 g/mol. The molecule has 1 saturated carbocycles. The molecule has 0 spiro atoms. The van der Waals surface area contributed by atoms with E-state index >= 15 is 0 Å². The van der Waals surface area contributed by atoms with Crippen LogP contribution in [-0.4, -0.2) is 54.7 Å². The number of urea groups is 1. The number of nitrogens with one attached hydrogen (secondary N) is 2. The van der Waals surface area contributed by atoms with Gasteiger partial charge in [0.25, 0.3) is 0 Å². The van der Waals surface area contributed by atoms with Crippen molar-refractivity contribution in [3.8, 4) is 0 Å². The fraction of sp³-hybridized carbons (Fsp3) is 0.857. The lowest BCUT2D eigenvalue weighted by atomic mass is 10.0. The van der Waals surface area contributed by atoms with Gasteiger partial charge in [0.15, 0.2) is 0 Å². The highest BCUT2D eigenvalue weighted by molar-refractivity contribution is 5.75. The van der Waals surface area contributed by atoms with Gasteiger partial charge in [-0.05, 0) is 39.3 Å². The zero-order valence-corrected chi connectivity index (χ0v) is 12.8. The minimum atomic E-state index is -0.762. The molecule has 0 saturated heterocycles. The number of carboxylic acids is 1. The lowest BCUT2D eigenvalue weighted by Gasteiger charge is -2.26. The molecule has 116 valence electrons. The summed E-state index contributed by atoms with van der Waals surface area (Å²) in [5, 5.41) is 14.8. The summed E-state index contributed by atoms with van der Waals surface area (Å²) in [5.41, 5.74) is 0. The van der Waals surface area contributed by atoms with Crippen molar-refractivity contribution in [1.82, 2.24) is 15.5 Å². The van der Waals surface area contributed by atoms with E-state index in [2.05, 4.69) is 24.5 Å². The molecule has 0 radical (unpaired) electrons. The van der Waals surface area contributed by atoms with E-state index in [0.29, 0.717) is 18.8 Å². The fourth-order valence-corrected chi connectivity index (χ4v) is 2.55. The SMILES string of the molecule is CC(C)C(CN(C)C)NC(=O)NC1CCC(C(=O)O)C1. The van der Waals surface area contributed by atoms with E-state index in [1.165, 1.54) is 0 Å². The summed E-state index contributed by atoms with van der Waals surface area (Å²) in [6, 6.07) is -0.133. The van der Waals surface area contributed by atoms with Gasteiger partial charge in [-0.2, -0.15) is 0 Å².